The second kappa shape index (κ2) is 12.7. The molecule has 0 aliphatic rings. The van der Waals surface area contributed by atoms with Gasteiger partial charge in [-0.05, 0) is 47.3 Å². The maximum atomic E-state index is 13.8. The molecule has 1 amide bonds. The maximum absolute atomic E-state index is 13.8. The van der Waals surface area contributed by atoms with E-state index in [0.29, 0.717) is 12.3 Å². The summed E-state index contributed by atoms with van der Waals surface area (Å²) < 4.78 is 17.1. The van der Waals surface area contributed by atoms with E-state index in [0.717, 1.165) is 28.9 Å². The van der Waals surface area contributed by atoms with Crippen LogP contribution in [0.5, 0.6) is 0 Å². The van der Waals surface area contributed by atoms with Crippen LogP contribution in [0, 0.1) is 5.92 Å². The Morgan fingerprint density at radius 2 is 1.55 bits per heavy atom. The second-order valence-electron chi connectivity index (χ2n) is 9.31. The van der Waals surface area contributed by atoms with E-state index in [2.05, 4.69) is 65.3 Å². The van der Waals surface area contributed by atoms with Crippen LogP contribution in [0.4, 0.5) is 0 Å². The molecule has 0 aliphatic heterocycles. The highest BCUT2D eigenvalue weighted by atomic mass is 32.2. The number of nitrogens with one attached hydrogen (secondary N) is 1. The molecule has 1 aromatic rings. The van der Waals surface area contributed by atoms with Crippen molar-refractivity contribution in [2.75, 3.05) is 14.2 Å². The van der Waals surface area contributed by atoms with Crippen LogP contribution in [0.25, 0.3) is 0 Å². The van der Waals surface area contributed by atoms with Gasteiger partial charge in [-0.15, -0.1) is 0 Å². The molecular weight excluding hydrogens is 408 g/mol. The third kappa shape index (κ3) is 7.13. The van der Waals surface area contributed by atoms with Gasteiger partial charge in [0.15, 0.2) is 0 Å². The first-order chi connectivity index (χ1) is 14.5. The van der Waals surface area contributed by atoms with Crippen molar-refractivity contribution in [1.82, 2.24) is 9.79 Å². The standard InChI is InChI=1S/C25H44N2O3S/c1-11-13-23(20(12-2)25(28)27(9)30-10)26-31(29)24-21(17(5)6)14-19(16(3)4)15-22(24)18(7)8/h14-18,20,23,26H,11-13H2,1-10H3/t20-,23+,31?/m1/s1. The fraction of sp³-hybridized carbons (Fsp3) is 0.720. The Labute approximate surface area is 192 Å². The number of carbonyl (C=O) groups is 1. The Kier molecular flexibility index (Phi) is 11.4. The fourth-order valence-corrected chi connectivity index (χ4v) is 5.60. The molecule has 1 unspecified atom stereocenters. The zero-order valence-corrected chi connectivity index (χ0v) is 22.1. The van der Waals surface area contributed by atoms with Gasteiger partial charge in [0, 0.05) is 13.1 Å². The summed E-state index contributed by atoms with van der Waals surface area (Å²) in [6.45, 7) is 17.1. The van der Waals surface area contributed by atoms with Gasteiger partial charge in [-0.1, -0.05) is 73.9 Å². The molecule has 1 aromatic carbocycles. The average Bonchev–Trinajstić information content (AvgIpc) is 2.72. The van der Waals surface area contributed by atoms with E-state index in [9.17, 15) is 9.00 Å². The molecule has 0 bridgehead atoms. The van der Waals surface area contributed by atoms with Gasteiger partial charge in [0.05, 0.1) is 17.9 Å². The summed E-state index contributed by atoms with van der Waals surface area (Å²) in [5.41, 5.74) is 3.54. The van der Waals surface area contributed by atoms with Crippen molar-refractivity contribution < 1.29 is 13.8 Å². The van der Waals surface area contributed by atoms with E-state index in [4.69, 9.17) is 4.84 Å². The van der Waals surface area contributed by atoms with Crippen LogP contribution in [-0.4, -0.2) is 35.4 Å². The van der Waals surface area contributed by atoms with Crippen molar-refractivity contribution in [3.8, 4) is 0 Å². The lowest BCUT2D eigenvalue weighted by Gasteiger charge is -2.30. The van der Waals surface area contributed by atoms with Crippen molar-refractivity contribution in [1.29, 1.82) is 0 Å². The number of amides is 1. The molecule has 178 valence electrons. The van der Waals surface area contributed by atoms with Gasteiger partial charge in [-0.25, -0.2) is 14.0 Å². The molecule has 1 rings (SSSR count). The predicted octanol–water partition coefficient (Wildman–Crippen LogP) is 5.88. The van der Waals surface area contributed by atoms with Gasteiger partial charge in [-0.3, -0.25) is 9.63 Å². The van der Waals surface area contributed by atoms with E-state index in [1.165, 1.54) is 17.7 Å². The largest absolute Gasteiger partial charge is 0.275 e. The molecule has 31 heavy (non-hydrogen) atoms. The van der Waals surface area contributed by atoms with Crippen LogP contribution in [0.3, 0.4) is 0 Å². The minimum Gasteiger partial charge on any atom is -0.275 e. The number of hydrogen-bond acceptors (Lipinski definition) is 3. The molecule has 3 atom stereocenters. The topological polar surface area (TPSA) is 58.6 Å². The van der Waals surface area contributed by atoms with Gasteiger partial charge in [0.25, 0.3) is 5.91 Å². The molecule has 1 N–H and O–H groups in total. The molecule has 0 spiro atoms. The number of hydroxylamine groups is 2. The van der Waals surface area contributed by atoms with Crippen molar-refractivity contribution in [3.63, 3.8) is 0 Å². The fourth-order valence-electron chi connectivity index (χ4n) is 3.91. The molecule has 0 heterocycles. The van der Waals surface area contributed by atoms with Gasteiger partial charge >= 0.3 is 0 Å². The van der Waals surface area contributed by atoms with Gasteiger partial charge < -0.3 is 0 Å². The Morgan fingerprint density at radius 3 is 1.90 bits per heavy atom. The summed E-state index contributed by atoms with van der Waals surface area (Å²) in [4.78, 5) is 18.9. The molecular formula is C25H44N2O3S. The highest BCUT2D eigenvalue weighted by Gasteiger charge is 2.31. The molecule has 0 radical (unpaired) electrons. The summed E-state index contributed by atoms with van der Waals surface area (Å²) >= 11 is 0. The van der Waals surface area contributed by atoms with Gasteiger partial charge in [-0.2, -0.15) is 0 Å². The molecule has 0 aromatic heterocycles. The highest BCUT2D eigenvalue weighted by Crippen LogP contribution is 2.34. The number of rotatable bonds is 12. The third-order valence-electron chi connectivity index (χ3n) is 5.95. The summed E-state index contributed by atoms with van der Waals surface area (Å²) in [7, 11) is 1.70. The maximum Gasteiger partial charge on any atom is 0.250 e. The van der Waals surface area contributed by atoms with Crippen molar-refractivity contribution in [2.45, 2.75) is 103 Å². The van der Waals surface area contributed by atoms with Gasteiger partial charge in [0.2, 0.25) is 0 Å². The van der Waals surface area contributed by atoms with E-state index in [1.54, 1.807) is 7.05 Å². The lowest BCUT2D eigenvalue weighted by atomic mass is 9.89. The Balaban J connectivity index is 3.46. The van der Waals surface area contributed by atoms with Crippen LogP contribution in [-0.2, 0) is 20.6 Å². The molecule has 0 aliphatic carbocycles. The predicted molar refractivity (Wildman–Crippen MR) is 131 cm³/mol. The lowest BCUT2D eigenvalue weighted by Crippen LogP contribution is -2.45. The van der Waals surface area contributed by atoms with Crippen molar-refractivity contribution in [2.24, 2.45) is 5.92 Å². The summed E-state index contributed by atoms with van der Waals surface area (Å²) in [6, 6.07) is 4.24. The number of hydrogen-bond donors (Lipinski definition) is 1. The zero-order chi connectivity index (χ0) is 23.9. The lowest BCUT2D eigenvalue weighted by molar-refractivity contribution is -0.174. The van der Waals surface area contributed by atoms with Crippen LogP contribution in [0.1, 0.15) is 109 Å². The van der Waals surface area contributed by atoms with E-state index >= 15 is 0 Å². The smallest absolute Gasteiger partial charge is 0.250 e. The third-order valence-corrected chi connectivity index (χ3v) is 7.31. The molecule has 0 saturated carbocycles. The minimum atomic E-state index is -1.42. The van der Waals surface area contributed by atoms with E-state index in [1.807, 2.05) is 6.92 Å². The Bertz CT molecular complexity index is 717. The second-order valence-corrected chi connectivity index (χ2v) is 10.5. The molecule has 0 saturated heterocycles. The number of carbonyl (C=O) groups excluding carboxylic acids is 1. The number of nitrogens with zero attached hydrogens (tertiary/aromatic N) is 1. The first-order valence-corrected chi connectivity index (χ1v) is 12.8. The van der Waals surface area contributed by atoms with E-state index < -0.39 is 11.0 Å². The zero-order valence-electron chi connectivity index (χ0n) is 21.2. The molecule has 0 fully saturated rings. The Hall–Kier alpha value is -1.24. The Morgan fingerprint density at radius 1 is 1.03 bits per heavy atom. The first-order valence-electron chi connectivity index (χ1n) is 11.7. The quantitative estimate of drug-likeness (QED) is 0.403. The van der Waals surface area contributed by atoms with Crippen molar-refractivity contribution >= 4 is 16.9 Å². The highest BCUT2D eigenvalue weighted by molar-refractivity contribution is 7.83. The van der Waals surface area contributed by atoms with Crippen molar-refractivity contribution in [3.05, 3.63) is 28.8 Å². The van der Waals surface area contributed by atoms with Crippen LogP contribution < -0.4 is 4.72 Å². The first kappa shape index (κ1) is 27.8. The average molecular weight is 453 g/mol. The van der Waals surface area contributed by atoms with Crippen LogP contribution in [0.2, 0.25) is 0 Å². The van der Waals surface area contributed by atoms with Crippen LogP contribution in [0.15, 0.2) is 17.0 Å². The van der Waals surface area contributed by atoms with E-state index in [-0.39, 0.29) is 29.7 Å². The molecule has 5 nitrogen and oxygen atoms in total. The van der Waals surface area contributed by atoms with Crippen LogP contribution >= 0.6 is 0 Å². The SMILES string of the molecule is CCC[C@H](NS(=O)c1c(C(C)C)cc(C(C)C)cc1C(C)C)[C@@H](CC)C(=O)N(C)OC. The summed E-state index contributed by atoms with van der Waals surface area (Å²) in [5, 5.41) is 1.28. The summed E-state index contributed by atoms with van der Waals surface area (Å²) in [5.74, 6) is 0.532. The van der Waals surface area contributed by atoms with Gasteiger partial charge in [0.1, 0.15) is 11.0 Å². The number of benzene rings is 1. The normalized spacial score (nSPS) is 14.9. The minimum absolute atomic E-state index is 0.0868. The summed E-state index contributed by atoms with van der Waals surface area (Å²) in [6.07, 6.45) is 2.32. The monoisotopic (exact) mass is 452 g/mol. The molecule has 6 heteroatoms.